The molecule has 1 heterocycles. The zero-order valence-electron chi connectivity index (χ0n) is 32.0. The van der Waals surface area contributed by atoms with Crippen molar-refractivity contribution in [2.24, 2.45) is 23.2 Å². The number of fused-ring (bicyclic) bond motifs is 4. The Kier molecular flexibility index (Phi) is 6.58. The van der Waals surface area contributed by atoms with Crippen molar-refractivity contribution in [2.45, 2.75) is 43.1 Å². The normalized spacial score (nSPS) is 27.6. The Labute approximate surface area is 335 Å². The van der Waals surface area contributed by atoms with E-state index in [0.717, 1.165) is 17.8 Å². The smallest absolute Gasteiger partial charge is 0.0635 e. The van der Waals surface area contributed by atoms with E-state index in [1.54, 1.807) is 5.56 Å². The fraction of sp³-hybridized carbons (Fsp3) is 0.200. The molecule has 1 spiro atoms. The lowest BCUT2D eigenvalue weighted by atomic mass is 9.12. The molecular formula is C55H44N2. The lowest BCUT2D eigenvalue weighted by Gasteiger charge is -2.91. The molecule has 0 radical (unpaired) electrons. The third-order valence-electron chi connectivity index (χ3n) is 15.6. The maximum absolute atomic E-state index is 2.56. The number of hydrogen-bond acceptors (Lipinski definition) is 2. The summed E-state index contributed by atoms with van der Waals surface area (Å²) in [5.41, 5.74) is 15.2. The molecule has 2 heteroatoms. The van der Waals surface area contributed by atoms with E-state index in [2.05, 4.69) is 198 Å². The number of anilines is 5. The Morgan fingerprint density at radius 3 is 1.81 bits per heavy atom. The SMILES string of the molecule is C1=c2ccccc2=CC2C1c1ccccc1N2c1cccc(-c2ccc(N(c3ccc(-c4ccccc4)cc3)c3ccccc3C34C[C@@H]5CC6C[C@@H](C3)C654)cc2)c1. The predicted octanol–water partition coefficient (Wildman–Crippen LogP) is 12.1. The highest BCUT2D eigenvalue weighted by Gasteiger charge is 2.88. The van der Waals surface area contributed by atoms with Gasteiger partial charge < -0.3 is 9.80 Å². The summed E-state index contributed by atoms with van der Waals surface area (Å²) in [5, 5.41) is 2.65. The van der Waals surface area contributed by atoms with Crippen LogP contribution in [-0.4, -0.2) is 6.04 Å². The summed E-state index contributed by atoms with van der Waals surface area (Å²) >= 11 is 0. The second-order valence-corrected chi connectivity index (χ2v) is 17.8. The third kappa shape index (κ3) is 4.26. The maximum atomic E-state index is 2.56. The summed E-state index contributed by atoms with van der Waals surface area (Å²) in [4.78, 5) is 5.11. The lowest BCUT2D eigenvalue weighted by Crippen LogP contribution is -2.87. The molecule has 4 saturated carbocycles. The molecule has 0 aromatic heterocycles. The van der Waals surface area contributed by atoms with E-state index in [4.69, 9.17) is 0 Å². The number of nitrogens with zero attached hydrogens (tertiary/aromatic N) is 2. The van der Waals surface area contributed by atoms with Crippen molar-refractivity contribution >= 4 is 40.6 Å². The predicted molar refractivity (Wildman–Crippen MR) is 235 cm³/mol. The topological polar surface area (TPSA) is 6.48 Å². The fourth-order valence-corrected chi connectivity index (χ4v) is 13.3. The van der Waals surface area contributed by atoms with Gasteiger partial charge in [-0.1, -0.05) is 140 Å². The van der Waals surface area contributed by atoms with Gasteiger partial charge >= 0.3 is 0 Å². The van der Waals surface area contributed by atoms with E-state index in [-0.39, 0.29) is 6.04 Å². The second kappa shape index (κ2) is 11.7. The van der Waals surface area contributed by atoms with Crippen molar-refractivity contribution in [3.05, 3.63) is 197 Å². The fourth-order valence-electron chi connectivity index (χ4n) is 13.3. The molecule has 1 aliphatic heterocycles. The Morgan fingerprint density at radius 1 is 0.491 bits per heavy atom. The van der Waals surface area contributed by atoms with E-state index in [0.29, 0.717) is 16.7 Å². The summed E-state index contributed by atoms with van der Waals surface area (Å²) in [6, 6.07) is 66.0. The minimum atomic E-state index is 0.239. The first-order valence-corrected chi connectivity index (χ1v) is 21.1. The monoisotopic (exact) mass is 732 g/mol. The van der Waals surface area contributed by atoms with Gasteiger partial charge in [0.25, 0.3) is 0 Å². The molecule has 7 aromatic rings. The van der Waals surface area contributed by atoms with Crippen LogP contribution in [0.5, 0.6) is 0 Å². The van der Waals surface area contributed by atoms with Gasteiger partial charge in [0.1, 0.15) is 0 Å². The van der Waals surface area contributed by atoms with Crippen molar-refractivity contribution < 1.29 is 0 Å². The standard InChI is InChI=1S/C55H44N2/c1-2-11-36(12-3-1)37-21-25-45(26-22-37)56(52-20-9-7-18-50(52)54-34-43-32-42-33-44(35-54)55(42,43)54)46-27-23-38(24-28-46)39-15-10-16-47(29-39)57-51-19-8-6-17-48(51)49-30-40-13-4-5-14-41(40)31-53(49)57/h1-31,42-44,49,53H,32-35H2/t42?,43-,44-,49?,53?,54?,55?/m0/s1. The Bertz CT molecular complexity index is 2830. The van der Waals surface area contributed by atoms with Crippen molar-refractivity contribution in [1.82, 2.24) is 0 Å². The van der Waals surface area contributed by atoms with Crippen LogP contribution in [-0.2, 0) is 5.41 Å². The van der Waals surface area contributed by atoms with Crippen LogP contribution in [0, 0.1) is 23.2 Å². The summed E-state index contributed by atoms with van der Waals surface area (Å²) in [7, 11) is 0. The molecule has 0 amide bonds. The molecule has 4 atom stereocenters. The van der Waals surface area contributed by atoms with Gasteiger partial charge in [-0.2, -0.15) is 0 Å². The quantitative estimate of drug-likeness (QED) is 0.161. The van der Waals surface area contributed by atoms with E-state index >= 15 is 0 Å². The van der Waals surface area contributed by atoms with Crippen LogP contribution in [0.2, 0.25) is 0 Å². The number of para-hydroxylation sites is 2. The van der Waals surface area contributed by atoms with Crippen LogP contribution in [0.25, 0.3) is 34.4 Å². The van der Waals surface area contributed by atoms with Crippen molar-refractivity contribution in [3.8, 4) is 22.3 Å². The highest BCUT2D eigenvalue weighted by atomic mass is 15.2. The van der Waals surface area contributed by atoms with Crippen molar-refractivity contribution in [3.63, 3.8) is 0 Å². The van der Waals surface area contributed by atoms with Gasteiger partial charge in [0, 0.05) is 39.8 Å². The van der Waals surface area contributed by atoms with Crippen LogP contribution >= 0.6 is 0 Å². The van der Waals surface area contributed by atoms with Gasteiger partial charge in [-0.05, 0) is 141 Å². The number of hydrogen-bond donors (Lipinski definition) is 0. The van der Waals surface area contributed by atoms with E-state index < -0.39 is 0 Å². The highest BCUT2D eigenvalue weighted by molar-refractivity contribution is 5.85. The summed E-state index contributed by atoms with van der Waals surface area (Å²) in [6.45, 7) is 0. The van der Waals surface area contributed by atoms with Gasteiger partial charge in [0.2, 0.25) is 0 Å². The summed E-state index contributed by atoms with van der Waals surface area (Å²) in [5.74, 6) is 3.20. The molecule has 13 rings (SSSR count). The van der Waals surface area contributed by atoms with Crippen LogP contribution in [0.3, 0.4) is 0 Å². The van der Waals surface area contributed by atoms with Crippen LogP contribution in [0.4, 0.5) is 28.4 Å². The first-order chi connectivity index (χ1) is 28.2. The average molecular weight is 733 g/mol. The Balaban J connectivity index is 0.885. The zero-order chi connectivity index (χ0) is 37.3. The molecule has 0 saturated heterocycles. The molecule has 0 N–H and O–H groups in total. The molecule has 6 aliphatic rings. The largest absolute Gasteiger partial charge is 0.333 e. The number of benzene rings is 7. The Morgan fingerprint density at radius 2 is 1.09 bits per heavy atom. The van der Waals surface area contributed by atoms with Gasteiger partial charge in [-0.15, -0.1) is 0 Å². The first-order valence-electron chi connectivity index (χ1n) is 21.1. The van der Waals surface area contributed by atoms with Gasteiger partial charge in [0.15, 0.2) is 0 Å². The zero-order valence-corrected chi connectivity index (χ0v) is 32.0. The molecule has 274 valence electrons. The molecule has 2 unspecified atom stereocenters. The highest BCUT2D eigenvalue weighted by Crippen LogP contribution is 2.93. The van der Waals surface area contributed by atoms with Crippen molar-refractivity contribution in [1.29, 1.82) is 0 Å². The minimum Gasteiger partial charge on any atom is -0.333 e. The summed E-state index contributed by atoms with van der Waals surface area (Å²) < 4.78 is 0. The second-order valence-electron chi connectivity index (χ2n) is 17.8. The van der Waals surface area contributed by atoms with E-state index in [1.165, 1.54) is 92.4 Å². The molecule has 2 nitrogen and oxygen atoms in total. The lowest BCUT2D eigenvalue weighted by molar-refractivity contribution is -0.395. The average Bonchev–Trinajstić information content (AvgIpc) is 3.56. The van der Waals surface area contributed by atoms with Crippen LogP contribution in [0.15, 0.2) is 176 Å². The molecule has 0 bridgehead atoms. The van der Waals surface area contributed by atoms with Crippen LogP contribution < -0.4 is 20.2 Å². The minimum absolute atomic E-state index is 0.239. The molecular weight excluding hydrogens is 689 g/mol. The Hall–Kier alpha value is -6.12. The van der Waals surface area contributed by atoms with E-state index in [9.17, 15) is 0 Å². The molecule has 5 aliphatic carbocycles. The van der Waals surface area contributed by atoms with Gasteiger partial charge in [0.05, 0.1) is 6.04 Å². The first kappa shape index (κ1) is 32.0. The van der Waals surface area contributed by atoms with Gasteiger partial charge in [-0.3, -0.25) is 0 Å². The molecule has 7 aromatic carbocycles. The van der Waals surface area contributed by atoms with E-state index in [1.807, 2.05) is 0 Å². The molecule has 57 heavy (non-hydrogen) atoms. The summed E-state index contributed by atoms with van der Waals surface area (Å²) in [6.07, 6.45) is 10.6. The van der Waals surface area contributed by atoms with Crippen molar-refractivity contribution in [2.75, 3.05) is 9.80 Å². The maximum Gasteiger partial charge on any atom is 0.0635 e. The van der Waals surface area contributed by atoms with Gasteiger partial charge in [-0.25, -0.2) is 0 Å². The third-order valence-corrected chi connectivity index (χ3v) is 15.6. The van der Waals surface area contributed by atoms with Crippen LogP contribution in [0.1, 0.15) is 42.7 Å². The number of rotatable bonds is 7. The molecule has 4 fully saturated rings.